The Morgan fingerprint density at radius 3 is 3.09 bits per heavy atom. The van der Waals surface area contributed by atoms with Crippen molar-refractivity contribution < 1.29 is 5.11 Å². The normalized spacial score (nSPS) is 23.9. The molecule has 4 heteroatoms. The minimum Gasteiger partial charge on any atom is -0.387 e. The van der Waals surface area contributed by atoms with Crippen molar-refractivity contribution in [2.75, 3.05) is 13.1 Å². The number of fused-ring (bicyclic) bond motifs is 6. The Morgan fingerprint density at radius 1 is 1.22 bits per heavy atom. The standard InChI is InChI=1S/C19H19N3O/c23-18-11-22-8-6-14-13-3-1-2-4-16(13)21-19(14)17(22)9-12-5-7-20-10-15(12)18/h1-5,7,10,17-18,21,23H,6,8-9,11H2/t17-,18+/m0/s1. The van der Waals surface area contributed by atoms with Gasteiger partial charge in [0.15, 0.2) is 0 Å². The fraction of sp³-hybridized carbons (Fsp3) is 0.316. The van der Waals surface area contributed by atoms with E-state index in [1.165, 1.54) is 27.7 Å². The lowest BCUT2D eigenvalue weighted by molar-refractivity contribution is 0.0890. The molecule has 0 aliphatic carbocycles. The van der Waals surface area contributed by atoms with Gasteiger partial charge in [-0.15, -0.1) is 0 Å². The maximum atomic E-state index is 10.6. The molecular weight excluding hydrogens is 286 g/mol. The number of aliphatic hydroxyl groups excluding tert-OH is 1. The number of pyridine rings is 1. The molecular formula is C19H19N3O. The number of aliphatic hydroxyl groups is 1. The largest absolute Gasteiger partial charge is 0.387 e. The predicted molar refractivity (Wildman–Crippen MR) is 89.2 cm³/mol. The molecule has 2 aliphatic rings. The number of hydrogen-bond donors (Lipinski definition) is 2. The van der Waals surface area contributed by atoms with Crippen LogP contribution in [0.25, 0.3) is 10.9 Å². The second-order valence-corrected chi connectivity index (χ2v) is 6.62. The number of para-hydroxylation sites is 1. The molecule has 2 aliphatic heterocycles. The Balaban J connectivity index is 1.66. The summed E-state index contributed by atoms with van der Waals surface area (Å²) in [5.41, 5.74) is 6.20. The molecule has 4 heterocycles. The van der Waals surface area contributed by atoms with Crippen LogP contribution in [0.2, 0.25) is 0 Å². The van der Waals surface area contributed by atoms with Gasteiger partial charge in [0.1, 0.15) is 0 Å². The maximum Gasteiger partial charge on any atom is 0.0934 e. The number of aromatic nitrogens is 2. The second kappa shape index (κ2) is 4.91. The van der Waals surface area contributed by atoms with Crippen molar-refractivity contribution in [3.63, 3.8) is 0 Å². The van der Waals surface area contributed by atoms with E-state index in [-0.39, 0.29) is 0 Å². The van der Waals surface area contributed by atoms with Crippen molar-refractivity contribution in [2.45, 2.75) is 25.0 Å². The summed E-state index contributed by atoms with van der Waals surface area (Å²) in [5.74, 6) is 0. The zero-order valence-corrected chi connectivity index (χ0v) is 12.9. The third kappa shape index (κ3) is 1.95. The topological polar surface area (TPSA) is 52.1 Å². The molecule has 0 bridgehead atoms. The molecule has 2 N–H and O–H groups in total. The van der Waals surface area contributed by atoms with Crippen molar-refractivity contribution in [2.24, 2.45) is 0 Å². The highest BCUT2D eigenvalue weighted by atomic mass is 16.3. The SMILES string of the molecule is O[C@@H]1CN2CCc3c([nH]c4ccccc34)[C@@H]2Cc2ccncc21. The van der Waals surface area contributed by atoms with Gasteiger partial charge in [0.2, 0.25) is 0 Å². The third-order valence-corrected chi connectivity index (χ3v) is 5.40. The maximum absolute atomic E-state index is 10.6. The molecule has 2 aromatic heterocycles. The monoisotopic (exact) mass is 305 g/mol. The van der Waals surface area contributed by atoms with E-state index < -0.39 is 6.10 Å². The van der Waals surface area contributed by atoms with Crippen molar-refractivity contribution >= 4 is 10.9 Å². The van der Waals surface area contributed by atoms with E-state index >= 15 is 0 Å². The van der Waals surface area contributed by atoms with Crippen LogP contribution in [-0.4, -0.2) is 33.1 Å². The van der Waals surface area contributed by atoms with Crippen LogP contribution < -0.4 is 0 Å². The minimum atomic E-state index is -0.449. The van der Waals surface area contributed by atoms with Gasteiger partial charge >= 0.3 is 0 Å². The van der Waals surface area contributed by atoms with Crippen molar-refractivity contribution in [1.82, 2.24) is 14.9 Å². The summed E-state index contributed by atoms with van der Waals surface area (Å²) in [6.07, 6.45) is 5.17. The Labute approximate surface area is 134 Å². The van der Waals surface area contributed by atoms with Crippen LogP contribution in [0, 0.1) is 0 Å². The number of H-pyrrole nitrogens is 1. The zero-order valence-electron chi connectivity index (χ0n) is 12.9. The molecule has 3 aromatic rings. The molecule has 5 rings (SSSR count). The fourth-order valence-electron chi connectivity index (χ4n) is 4.27. The Kier molecular flexibility index (Phi) is 2.84. The summed E-state index contributed by atoms with van der Waals surface area (Å²) in [5, 5.41) is 11.9. The molecule has 116 valence electrons. The van der Waals surface area contributed by atoms with Crippen LogP contribution in [0.3, 0.4) is 0 Å². The molecule has 4 nitrogen and oxygen atoms in total. The molecule has 0 saturated heterocycles. The molecule has 23 heavy (non-hydrogen) atoms. The van der Waals surface area contributed by atoms with Crippen molar-refractivity contribution in [3.05, 3.63) is 65.1 Å². The van der Waals surface area contributed by atoms with Gasteiger partial charge < -0.3 is 10.1 Å². The number of nitrogens with one attached hydrogen (secondary N) is 1. The summed E-state index contributed by atoms with van der Waals surface area (Å²) in [7, 11) is 0. The van der Waals surface area contributed by atoms with Crippen molar-refractivity contribution in [1.29, 1.82) is 0 Å². The first-order valence-corrected chi connectivity index (χ1v) is 8.25. The summed E-state index contributed by atoms with van der Waals surface area (Å²) in [6.45, 7) is 1.68. The zero-order chi connectivity index (χ0) is 15.4. The lowest BCUT2D eigenvalue weighted by Gasteiger charge is -2.35. The van der Waals surface area contributed by atoms with Gasteiger partial charge in [0, 0.05) is 47.6 Å². The summed E-state index contributed by atoms with van der Waals surface area (Å²) in [4.78, 5) is 10.3. The molecule has 0 amide bonds. The first kappa shape index (κ1) is 13.3. The van der Waals surface area contributed by atoms with E-state index in [1.807, 2.05) is 12.4 Å². The Hall–Kier alpha value is -2.17. The summed E-state index contributed by atoms with van der Waals surface area (Å²) >= 11 is 0. The van der Waals surface area contributed by atoms with Gasteiger partial charge in [-0.25, -0.2) is 0 Å². The molecule has 0 radical (unpaired) electrons. The number of nitrogens with zero attached hydrogens (tertiary/aromatic N) is 2. The number of aromatic amines is 1. The fourth-order valence-corrected chi connectivity index (χ4v) is 4.27. The van der Waals surface area contributed by atoms with E-state index in [0.717, 1.165) is 24.9 Å². The number of benzene rings is 1. The van der Waals surface area contributed by atoms with Gasteiger partial charge in [0.25, 0.3) is 0 Å². The average Bonchev–Trinajstić information content (AvgIpc) is 2.89. The molecule has 0 saturated carbocycles. The molecule has 0 fully saturated rings. The number of hydrogen-bond acceptors (Lipinski definition) is 3. The highest BCUT2D eigenvalue weighted by Gasteiger charge is 2.35. The molecule has 0 spiro atoms. The van der Waals surface area contributed by atoms with Gasteiger partial charge in [-0.3, -0.25) is 9.88 Å². The van der Waals surface area contributed by atoms with Crippen LogP contribution >= 0.6 is 0 Å². The van der Waals surface area contributed by atoms with Crippen LogP contribution in [-0.2, 0) is 12.8 Å². The smallest absolute Gasteiger partial charge is 0.0934 e. The lowest BCUT2D eigenvalue weighted by atomic mass is 9.93. The van der Waals surface area contributed by atoms with Crippen molar-refractivity contribution in [3.8, 4) is 0 Å². The van der Waals surface area contributed by atoms with E-state index in [1.54, 1.807) is 0 Å². The first-order chi connectivity index (χ1) is 11.3. The molecule has 0 unspecified atom stereocenters. The Morgan fingerprint density at radius 2 is 2.13 bits per heavy atom. The highest BCUT2D eigenvalue weighted by molar-refractivity contribution is 5.85. The predicted octanol–water partition coefficient (Wildman–Crippen LogP) is 2.75. The summed E-state index contributed by atoms with van der Waals surface area (Å²) < 4.78 is 0. The van der Waals surface area contributed by atoms with Crippen LogP contribution in [0.1, 0.15) is 34.5 Å². The second-order valence-electron chi connectivity index (χ2n) is 6.62. The van der Waals surface area contributed by atoms with Crippen LogP contribution in [0.5, 0.6) is 0 Å². The van der Waals surface area contributed by atoms with Gasteiger partial charge in [0.05, 0.1) is 12.1 Å². The molecule has 2 atom stereocenters. The summed E-state index contributed by atoms with van der Waals surface area (Å²) in [6, 6.07) is 10.9. The first-order valence-electron chi connectivity index (χ1n) is 8.25. The number of rotatable bonds is 0. The van der Waals surface area contributed by atoms with Crippen LogP contribution in [0.4, 0.5) is 0 Å². The highest BCUT2D eigenvalue weighted by Crippen LogP contribution is 2.39. The van der Waals surface area contributed by atoms with E-state index in [2.05, 4.69) is 45.2 Å². The molecule has 1 aromatic carbocycles. The van der Waals surface area contributed by atoms with Gasteiger partial charge in [-0.1, -0.05) is 18.2 Å². The van der Waals surface area contributed by atoms with E-state index in [9.17, 15) is 5.11 Å². The quantitative estimate of drug-likeness (QED) is 0.671. The van der Waals surface area contributed by atoms with Crippen LogP contribution in [0.15, 0.2) is 42.7 Å². The van der Waals surface area contributed by atoms with Gasteiger partial charge in [-0.2, -0.15) is 0 Å². The Bertz CT molecular complexity index is 885. The minimum absolute atomic E-state index is 0.310. The average molecular weight is 305 g/mol. The lowest BCUT2D eigenvalue weighted by Crippen LogP contribution is -2.37. The van der Waals surface area contributed by atoms with E-state index in [4.69, 9.17) is 0 Å². The van der Waals surface area contributed by atoms with Gasteiger partial charge in [-0.05, 0) is 36.1 Å². The third-order valence-electron chi connectivity index (χ3n) is 5.40. The van der Waals surface area contributed by atoms with E-state index in [0.29, 0.717) is 12.6 Å².